The normalized spacial score (nSPS) is 18.9. The Hall–Kier alpha value is -1.51. The van der Waals surface area contributed by atoms with Crippen molar-refractivity contribution in [3.8, 4) is 11.5 Å². The second-order valence-corrected chi connectivity index (χ2v) is 5.59. The molecule has 5 heteroatoms. The molecule has 3 rings (SSSR count). The summed E-state index contributed by atoms with van der Waals surface area (Å²) in [7, 11) is 0. The molecule has 0 amide bonds. The van der Waals surface area contributed by atoms with Crippen LogP contribution in [0.15, 0.2) is 11.1 Å². The first-order valence-corrected chi connectivity index (χ1v) is 7.30. The standard InChI is InChI=1S/C15H16ClNO3/c1-2-10-11(15(4-5-15)17-9-18)8-12(16)14-13(10)19-6-3-7-20-14/h8H,2-7H2,1H3. The van der Waals surface area contributed by atoms with E-state index >= 15 is 0 Å². The summed E-state index contributed by atoms with van der Waals surface area (Å²) >= 11 is 6.34. The van der Waals surface area contributed by atoms with Crippen molar-refractivity contribution in [3.63, 3.8) is 0 Å². The first-order valence-electron chi connectivity index (χ1n) is 6.92. The lowest BCUT2D eigenvalue weighted by atomic mass is 9.95. The number of fused-ring (bicyclic) bond motifs is 1. The minimum atomic E-state index is -0.443. The van der Waals surface area contributed by atoms with Gasteiger partial charge in [0, 0.05) is 12.0 Å². The fraction of sp³-hybridized carbons (Fsp3) is 0.533. The SMILES string of the molecule is CCc1c(C2(N=C=O)CC2)cc(Cl)c2c1OCCCO2. The van der Waals surface area contributed by atoms with Crippen LogP contribution in [0.2, 0.25) is 5.02 Å². The fourth-order valence-corrected chi connectivity index (χ4v) is 3.00. The van der Waals surface area contributed by atoms with Gasteiger partial charge in [-0.2, -0.15) is 4.99 Å². The topological polar surface area (TPSA) is 47.9 Å². The Bertz CT molecular complexity index is 589. The number of aliphatic imine (C=N–C) groups is 1. The van der Waals surface area contributed by atoms with E-state index in [1.807, 2.05) is 6.07 Å². The summed E-state index contributed by atoms with van der Waals surface area (Å²) < 4.78 is 11.5. The van der Waals surface area contributed by atoms with Gasteiger partial charge in [-0.05, 0) is 30.9 Å². The zero-order valence-electron chi connectivity index (χ0n) is 11.4. The van der Waals surface area contributed by atoms with E-state index in [2.05, 4.69) is 11.9 Å². The molecule has 1 aliphatic heterocycles. The molecule has 1 saturated carbocycles. The molecule has 0 N–H and O–H groups in total. The Morgan fingerprint density at radius 1 is 1.35 bits per heavy atom. The Morgan fingerprint density at radius 3 is 2.65 bits per heavy atom. The molecule has 0 radical (unpaired) electrons. The van der Waals surface area contributed by atoms with Crippen molar-refractivity contribution in [1.82, 2.24) is 0 Å². The molecule has 1 aliphatic carbocycles. The Labute approximate surface area is 122 Å². The van der Waals surface area contributed by atoms with Crippen LogP contribution in [0.25, 0.3) is 0 Å². The largest absolute Gasteiger partial charge is 0.489 e. The van der Waals surface area contributed by atoms with Gasteiger partial charge < -0.3 is 9.47 Å². The molecule has 0 saturated heterocycles. The van der Waals surface area contributed by atoms with Gasteiger partial charge in [0.1, 0.15) is 0 Å². The van der Waals surface area contributed by atoms with Crippen molar-refractivity contribution in [2.75, 3.05) is 13.2 Å². The predicted molar refractivity (Wildman–Crippen MR) is 75.5 cm³/mol. The Balaban J connectivity index is 2.19. The molecule has 0 atom stereocenters. The highest BCUT2D eigenvalue weighted by atomic mass is 35.5. The molecule has 1 fully saturated rings. The lowest BCUT2D eigenvalue weighted by Crippen LogP contribution is -2.09. The van der Waals surface area contributed by atoms with Crippen molar-refractivity contribution in [3.05, 3.63) is 22.2 Å². The summed E-state index contributed by atoms with van der Waals surface area (Å²) in [5, 5.41) is 0.529. The maximum Gasteiger partial charge on any atom is 0.235 e. The molecule has 0 aromatic heterocycles. The van der Waals surface area contributed by atoms with Gasteiger partial charge in [0.2, 0.25) is 6.08 Å². The molecule has 4 nitrogen and oxygen atoms in total. The first-order chi connectivity index (χ1) is 9.72. The van der Waals surface area contributed by atoms with Gasteiger partial charge in [-0.1, -0.05) is 18.5 Å². The van der Waals surface area contributed by atoms with Crippen LogP contribution in [-0.2, 0) is 16.8 Å². The number of nitrogens with zero attached hydrogens (tertiary/aromatic N) is 1. The lowest BCUT2D eigenvalue weighted by molar-refractivity contribution is 0.296. The van der Waals surface area contributed by atoms with Gasteiger partial charge in [-0.25, -0.2) is 4.79 Å². The van der Waals surface area contributed by atoms with Crippen molar-refractivity contribution in [2.45, 2.75) is 38.1 Å². The minimum absolute atomic E-state index is 0.443. The van der Waals surface area contributed by atoms with Crippen molar-refractivity contribution in [1.29, 1.82) is 0 Å². The average molecular weight is 294 g/mol. The highest BCUT2D eigenvalue weighted by Crippen LogP contribution is 2.54. The van der Waals surface area contributed by atoms with Gasteiger partial charge in [-0.3, -0.25) is 0 Å². The minimum Gasteiger partial charge on any atom is -0.489 e. The first kappa shape index (κ1) is 13.5. The molecular formula is C15H16ClNO3. The molecule has 2 aliphatic rings. The predicted octanol–water partition coefficient (Wildman–Crippen LogP) is 3.39. The Kier molecular flexibility index (Phi) is 3.45. The smallest absolute Gasteiger partial charge is 0.235 e. The van der Waals surface area contributed by atoms with Gasteiger partial charge in [0.05, 0.1) is 23.8 Å². The van der Waals surface area contributed by atoms with Gasteiger partial charge in [0.15, 0.2) is 11.5 Å². The summed E-state index contributed by atoms with van der Waals surface area (Å²) in [6, 6.07) is 1.88. The molecular weight excluding hydrogens is 278 g/mol. The van der Waals surface area contributed by atoms with E-state index in [1.54, 1.807) is 6.08 Å². The van der Waals surface area contributed by atoms with Crippen LogP contribution in [0.5, 0.6) is 11.5 Å². The van der Waals surface area contributed by atoms with Crippen molar-refractivity contribution >= 4 is 17.7 Å². The van der Waals surface area contributed by atoms with Crippen LogP contribution < -0.4 is 9.47 Å². The molecule has 1 aromatic rings. The summed E-state index contributed by atoms with van der Waals surface area (Å²) in [5.41, 5.74) is 1.59. The third kappa shape index (κ3) is 2.09. The van der Waals surface area contributed by atoms with Crippen LogP contribution in [-0.4, -0.2) is 19.3 Å². The van der Waals surface area contributed by atoms with E-state index in [4.69, 9.17) is 21.1 Å². The molecule has 1 aromatic carbocycles. The van der Waals surface area contributed by atoms with E-state index in [0.717, 1.165) is 42.6 Å². The van der Waals surface area contributed by atoms with E-state index < -0.39 is 5.54 Å². The van der Waals surface area contributed by atoms with E-state index in [-0.39, 0.29) is 0 Å². The molecule has 20 heavy (non-hydrogen) atoms. The van der Waals surface area contributed by atoms with Crippen molar-refractivity contribution < 1.29 is 14.3 Å². The number of ether oxygens (including phenoxy) is 2. The summed E-state index contributed by atoms with van der Waals surface area (Å²) in [4.78, 5) is 14.7. The molecule has 0 bridgehead atoms. The summed E-state index contributed by atoms with van der Waals surface area (Å²) in [5.74, 6) is 1.34. The van der Waals surface area contributed by atoms with Gasteiger partial charge in [-0.15, -0.1) is 0 Å². The van der Waals surface area contributed by atoms with Crippen LogP contribution in [0.1, 0.15) is 37.3 Å². The van der Waals surface area contributed by atoms with Gasteiger partial charge in [0.25, 0.3) is 0 Å². The van der Waals surface area contributed by atoms with E-state index in [1.165, 1.54) is 0 Å². The van der Waals surface area contributed by atoms with Crippen LogP contribution in [0.3, 0.4) is 0 Å². The number of benzene rings is 1. The third-order valence-corrected chi connectivity index (χ3v) is 4.19. The number of isocyanates is 1. The average Bonchev–Trinajstić information content (AvgIpc) is 3.23. The highest BCUT2D eigenvalue weighted by molar-refractivity contribution is 6.32. The van der Waals surface area contributed by atoms with Crippen LogP contribution >= 0.6 is 11.6 Å². The third-order valence-electron chi connectivity index (χ3n) is 3.91. The monoisotopic (exact) mass is 293 g/mol. The highest BCUT2D eigenvalue weighted by Gasteiger charge is 2.47. The second-order valence-electron chi connectivity index (χ2n) is 5.18. The molecule has 106 valence electrons. The van der Waals surface area contributed by atoms with E-state index in [9.17, 15) is 4.79 Å². The second kappa shape index (κ2) is 5.12. The summed E-state index contributed by atoms with van der Waals surface area (Å²) in [6.07, 6.45) is 5.02. The van der Waals surface area contributed by atoms with Crippen LogP contribution in [0, 0.1) is 0 Å². The van der Waals surface area contributed by atoms with Crippen molar-refractivity contribution in [2.24, 2.45) is 4.99 Å². The fourth-order valence-electron chi connectivity index (χ4n) is 2.76. The zero-order valence-corrected chi connectivity index (χ0v) is 12.1. The maximum atomic E-state index is 10.7. The number of hydrogen-bond acceptors (Lipinski definition) is 4. The number of carbonyl (C=O) groups excluding carboxylic acids is 1. The maximum absolute atomic E-state index is 10.7. The van der Waals surface area contributed by atoms with Crippen LogP contribution in [0.4, 0.5) is 0 Å². The zero-order chi connectivity index (χ0) is 14.2. The lowest BCUT2D eigenvalue weighted by Gasteiger charge is -2.20. The number of halogens is 1. The van der Waals surface area contributed by atoms with Gasteiger partial charge >= 0.3 is 0 Å². The van der Waals surface area contributed by atoms with E-state index in [0.29, 0.717) is 24.0 Å². The molecule has 0 spiro atoms. The molecule has 1 heterocycles. The number of rotatable bonds is 3. The number of hydrogen-bond donors (Lipinski definition) is 0. The summed E-state index contributed by atoms with van der Waals surface area (Å²) in [6.45, 7) is 3.28. The Morgan fingerprint density at radius 2 is 2.05 bits per heavy atom. The molecule has 0 unspecified atom stereocenters. The quantitative estimate of drug-likeness (QED) is 0.634.